The minimum atomic E-state index is -0.886. The van der Waals surface area contributed by atoms with E-state index in [9.17, 15) is 19.2 Å². The average Bonchev–Trinajstić information content (AvgIpc) is 3.33. The Morgan fingerprint density at radius 3 is 2.69 bits per heavy atom. The standard InChI is InChI=1S/C19H28N4O6/c1-12(2)21-19(27)22-13-8-10-23(18(26)14-6-5-11-29-14)16(13)17(25)20-9-4-7-15(24)28-3/h5-6,11-13,16H,4,7-10H2,1-3H3,(H,20,25)(H2,21,22,27)/t13-,16-/m0/s1. The first-order valence-electron chi connectivity index (χ1n) is 9.59. The Morgan fingerprint density at radius 2 is 2.07 bits per heavy atom. The number of urea groups is 1. The highest BCUT2D eigenvalue weighted by Crippen LogP contribution is 2.21. The van der Waals surface area contributed by atoms with E-state index in [1.165, 1.54) is 24.3 Å². The number of furan rings is 1. The Balaban J connectivity index is 2.06. The van der Waals surface area contributed by atoms with Gasteiger partial charge in [0.15, 0.2) is 5.76 Å². The van der Waals surface area contributed by atoms with Crippen LogP contribution in [0.5, 0.6) is 0 Å². The molecule has 0 bridgehead atoms. The molecule has 0 spiro atoms. The predicted molar refractivity (Wildman–Crippen MR) is 103 cm³/mol. The van der Waals surface area contributed by atoms with Crippen molar-refractivity contribution in [2.75, 3.05) is 20.2 Å². The minimum Gasteiger partial charge on any atom is -0.469 e. The first kappa shape index (κ1) is 22.3. The van der Waals surface area contributed by atoms with Gasteiger partial charge in [0, 0.05) is 25.6 Å². The number of hydrogen-bond donors (Lipinski definition) is 3. The van der Waals surface area contributed by atoms with E-state index in [4.69, 9.17) is 4.42 Å². The summed E-state index contributed by atoms with van der Waals surface area (Å²) in [6.45, 7) is 4.20. The van der Waals surface area contributed by atoms with Gasteiger partial charge in [0.2, 0.25) is 5.91 Å². The van der Waals surface area contributed by atoms with Crippen molar-refractivity contribution in [1.82, 2.24) is 20.9 Å². The smallest absolute Gasteiger partial charge is 0.315 e. The van der Waals surface area contributed by atoms with Crippen LogP contribution in [0.1, 0.15) is 43.7 Å². The van der Waals surface area contributed by atoms with Gasteiger partial charge in [0.05, 0.1) is 19.4 Å². The maximum absolute atomic E-state index is 12.8. The van der Waals surface area contributed by atoms with Crippen molar-refractivity contribution in [2.45, 2.75) is 51.2 Å². The molecule has 160 valence electrons. The largest absolute Gasteiger partial charge is 0.469 e. The van der Waals surface area contributed by atoms with E-state index in [2.05, 4.69) is 20.7 Å². The molecule has 1 aliphatic rings. The fraction of sp³-hybridized carbons (Fsp3) is 0.579. The summed E-state index contributed by atoms with van der Waals surface area (Å²) in [4.78, 5) is 50.3. The van der Waals surface area contributed by atoms with Crippen molar-refractivity contribution in [3.63, 3.8) is 0 Å². The van der Waals surface area contributed by atoms with Gasteiger partial charge >= 0.3 is 12.0 Å². The van der Waals surface area contributed by atoms with Crippen LogP contribution >= 0.6 is 0 Å². The molecule has 0 radical (unpaired) electrons. The minimum absolute atomic E-state index is 0.0668. The molecule has 3 N–H and O–H groups in total. The van der Waals surface area contributed by atoms with Crippen molar-refractivity contribution < 1.29 is 28.3 Å². The summed E-state index contributed by atoms with van der Waals surface area (Å²) in [5.74, 6) is -1.05. The van der Waals surface area contributed by atoms with Gasteiger partial charge in [-0.2, -0.15) is 0 Å². The van der Waals surface area contributed by atoms with E-state index in [0.29, 0.717) is 19.4 Å². The molecule has 1 aromatic heterocycles. The van der Waals surface area contributed by atoms with Crippen LogP contribution in [-0.4, -0.2) is 67.0 Å². The second-order valence-corrected chi connectivity index (χ2v) is 7.06. The highest BCUT2D eigenvalue weighted by Gasteiger charge is 2.43. The van der Waals surface area contributed by atoms with Gasteiger partial charge in [0.1, 0.15) is 6.04 Å². The number of carbonyl (C=O) groups is 4. The maximum Gasteiger partial charge on any atom is 0.315 e. The van der Waals surface area contributed by atoms with E-state index < -0.39 is 29.9 Å². The lowest BCUT2D eigenvalue weighted by molar-refractivity contribution is -0.140. The zero-order valence-corrected chi connectivity index (χ0v) is 16.9. The lowest BCUT2D eigenvalue weighted by Crippen LogP contribution is -2.56. The number of amides is 4. The summed E-state index contributed by atoms with van der Waals surface area (Å²) in [7, 11) is 1.30. The lowest BCUT2D eigenvalue weighted by Gasteiger charge is -2.27. The average molecular weight is 408 g/mol. The molecule has 0 saturated carbocycles. The van der Waals surface area contributed by atoms with Crippen LogP contribution in [0.4, 0.5) is 4.79 Å². The summed E-state index contributed by atoms with van der Waals surface area (Å²) in [5.41, 5.74) is 0. The lowest BCUT2D eigenvalue weighted by atomic mass is 10.1. The molecule has 2 heterocycles. The van der Waals surface area contributed by atoms with E-state index in [0.717, 1.165) is 0 Å². The second kappa shape index (κ2) is 10.5. The first-order chi connectivity index (χ1) is 13.8. The Morgan fingerprint density at radius 1 is 1.31 bits per heavy atom. The quantitative estimate of drug-likeness (QED) is 0.427. The molecule has 1 aromatic rings. The third-order valence-corrected chi connectivity index (χ3v) is 4.48. The highest BCUT2D eigenvalue weighted by molar-refractivity contribution is 5.96. The van der Waals surface area contributed by atoms with Crippen LogP contribution in [0, 0.1) is 0 Å². The molecule has 4 amide bonds. The number of rotatable bonds is 8. The summed E-state index contributed by atoms with van der Waals surface area (Å²) < 4.78 is 9.74. The molecule has 1 aliphatic heterocycles. The third-order valence-electron chi connectivity index (χ3n) is 4.48. The Bertz CT molecular complexity index is 718. The van der Waals surface area contributed by atoms with Gasteiger partial charge in [-0.25, -0.2) is 4.79 Å². The Hall–Kier alpha value is -3.04. The summed E-state index contributed by atoms with van der Waals surface area (Å²) in [5, 5.41) is 8.23. The van der Waals surface area contributed by atoms with E-state index in [-0.39, 0.29) is 30.7 Å². The van der Waals surface area contributed by atoms with E-state index in [1.54, 1.807) is 6.07 Å². The molecule has 2 atom stereocenters. The fourth-order valence-electron chi connectivity index (χ4n) is 3.16. The summed E-state index contributed by atoms with van der Waals surface area (Å²) in [6, 6.07) is 1.22. The van der Waals surface area contributed by atoms with Gasteiger partial charge in [-0.1, -0.05) is 0 Å². The topological polar surface area (TPSA) is 130 Å². The van der Waals surface area contributed by atoms with E-state index >= 15 is 0 Å². The van der Waals surface area contributed by atoms with Gasteiger partial charge in [-0.15, -0.1) is 0 Å². The van der Waals surface area contributed by atoms with Crippen molar-refractivity contribution in [3.8, 4) is 0 Å². The van der Waals surface area contributed by atoms with Crippen LogP contribution in [0.25, 0.3) is 0 Å². The van der Waals surface area contributed by atoms with Crippen molar-refractivity contribution in [2.24, 2.45) is 0 Å². The van der Waals surface area contributed by atoms with Gasteiger partial charge in [-0.05, 0) is 38.8 Å². The number of methoxy groups -OCH3 is 1. The Labute approximate surface area is 169 Å². The molecule has 0 unspecified atom stereocenters. The van der Waals surface area contributed by atoms with Crippen molar-refractivity contribution >= 4 is 23.8 Å². The molecule has 1 fully saturated rings. The van der Waals surface area contributed by atoms with Crippen LogP contribution in [-0.2, 0) is 14.3 Å². The second-order valence-electron chi connectivity index (χ2n) is 7.06. The zero-order chi connectivity index (χ0) is 21.4. The number of likely N-dealkylation sites (tertiary alicyclic amines) is 1. The van der Waals surface area contributed by atoms with E-state index in [1.807, 2.05) is 13.8 Å². The Kier molecular flexibility index (Phi) is 8.05. The molecular formula is C19H28N4O6. The first-order valence-corrected chi connectivity index (χ1v) is 9.59. The number of ether oxygens (including phenoxy) is 1. The number of carbonyl (C=O) groups excluding carboxylic acids is 4. The normalized spacial score (nSPS) is 18.4. The van der Waals surface area contributed by atoms with Gasteiger partial charge in [0.25, 0.3) is 5.91 Å². The SMILES string of the molecule is COC(=O)CCCNC(=O)[C@@H]1[C@@H](NC(=O)NC(C)C)CCN1C(=O)c1ccco1. The molecule has 0 aromatic carbocycles. The van der Waals surface area contributed by atoms with Gasteiger partial charge in [-0.3, -0.25) is 14.4 Å². The summed E-state index contributed by atoms with van der Waals surface area (Å²) in [6.07, 6.45) is 2.40. The fourth-order valence-corrected chi connectivity index (χ4v) is 3.16. The number of nitrogens with zero attached hydrogens (tertiary/aromatic N) is 1. The van der Waals surface area contributed by atoms with Crippen LogP contribution in [0.15, 0.2) is 22.8 Å². The van der Waals surface area contributed by atoms with Gasteiger partial charge < -0.3 is 30.0 Å². The molecule has 29 heavy (non-hydrogen) atoms. The molecule has 0 aliphatic carbocycles. The molecule has 10 heteroatoms. The predicted octanol–water partition coefficient (Wildman–Crippen LogP) is 0.640. The summed E-state index contributed by atoms with van der Waals surface area (Å²) >= 11 is 0. The number of hydrogen-bond acceptors (Lipinski definition) is 6. The number of nitrogens with one attached hydrogen (secondary N) is 3. The third kappa shape index (κ3) is 6.23. The van der Waals surface area contributed by atoms with Crippen LogP contribution in [0.2, 0.25) is 0 Å². The monoisotopic (exact) mass is 408 g/mol. The van der Waals surface area contributed by atoms with Crippen molar-refractivity contribution in [1.29, 1.82) is 0 Å². The molecule has 2 rings (SSSR count). The molecule has 10 nitrogen and oxygen atoms in total. The van der Waals surface area contributed by atoms with Crippen molar-refractivity contribution in [3.05, 3.63) is 24.2 Å². The maximum atomic E-state index is 12.8. The number of esters is 1. The zero-order valence-electron chi connectivity index (χ0n) is 16.9. The van der Waals surface area contributed by atoms with Crippen LogP contribution < -0.4 is 16.0 Å². The highest BCUT2D eigenvalue weighted by atomic mass is 16.5. The molecular weight excluding hydrogens is 380 g/mol. The van der Waals surface area contributed by atoms with Crippen LogP contribution in [0.3, 0.4) is 0 Å². The molecule has 1 saturated heterocycles.